The van der Waals surface area contributed by atoms with Crippen LogP contribution in [-0.2, 0) is 16.6 Å². The number of nitrogens with one attached hydrogen (secondary N) is 1. The Bertz CT molecular complexity index is 594. The molecular weight excluding hydrogens is 291 g/mol. The lowest BCUT2D eigenvalue weighted by molar-refractivity contribution is 0.204. The van der Waals surface area contributed by atoms with Crippen molar-refractivity contribution >= 4 is 10.0 Å². The van der Waals surface area contributed by atoms with Crippen molar-refractivity contribution in [1.82, 2.24) is 9.62 Å². The van der Waals surface area contributed by atoms with Gasteiger partial charge in [-0.25, -0.2) is 12.8 Å². The average molecular weight is 314 g/mol. The van der Waals surface area contributed by atoms with Crippen LogP contribution in [0.2, 0.25) is 0 Å². The van der Waals surface area contributed by atoms with Gasteiger partial charge in [0, 0.05) is 18.6 Å². The van der Waals surface area contributed by atoms with E-state index in [2.05, 4.69) is 5.32 Å². The van der Waals surface area contributed by atoms with Crippen molar-refractivity contribution in [1.29, 1.82) is 0 Å². The summed E-state index contributed by atoms with van der Waals surface area (Å²) in [5.74, 6) is -0.522. The highest BCUT2D eigenvalue weighted by molar-refractivity contribution is 7.89. The van der Waals surface area contributed by atoms with Crippen LogP contribution >= 0.6 is 0 Å². The maximum absolute atomic E-state index is 13.6. The molecule has 1 aromatic rings. The Hall–Kier alpha value is -0.980. The molecule has 1 aromatic carbocycles. The van der Waals surface area contributed by atoms with Crippen LogP contribution in [0.25, 0.3) is 0 Å². The highest BCUT2D eigenvalue weighted by Crippen LogP contribution is 2.31. The number of halogens is 1. The van der Waals surface area contributed by atoms with Crippen molar-refractivity contribution < 1.29 is 12.8 Å². The van der Waals surface area contributed by atoms with Crippen molar-refractivity contribution in [3.8, 4) is 0 Å². The van der Waals surface area contributed by atoms with Crippen molar-refractivity contribution in [2.45, 2.75) is 56.6 Å². The SMILES string of the molecule is CNCc1ccc(F)cc1S(=O)(=O)N1[C@H](C)CCC[C@@H]1C. The number of hydrogen-bond acceptors (Lipinski definition) is 3. The largest absolute Gasteiger partial charge is 0.316 e. The molecule has 2 rings (SSSR count). The summed E-state index contributed by atoms with van der Waals surface area (Å²) in [5, 5.41) is 2.94. The summed E-state index contributed by atoms with van der Waals surface area (Å²) in [5.41, 5.74) is 0.601. The number of benzene rings is 1. The molecule has 0 aromatic heterocycles. The third-order valence-corrected chi connectivity index (χ3v) is 6.28. The van der Waals surface area contributed by atoms with E-state index in [0.717, 1.165) is 25.3 Å². The maximum atomic E-state index is 13.6. The summed E-state index contributed by atoms with van der Waals surface area (Å²) in [7, 11) is -1.94. The quantitative estimate of drug-likeness (QED) is 0.929. The Morgan fingerprint density at radius 2 is 1.90 bits per heavy atom. The second kappa shape index (κ2) is 6.42. The van der Waals surface area contributed by atoms with Gasteiger partial charge in [0.25, 0.3) is 0 Å². The van der Waals surface area contributed by atoms with Gasteiger partial charge in [-0.1, -0.05) is 12.5 Å². The van der Waals surface area contributed by atoms with Gasteiger partial charge in [-0.2, -0.15) is 4.31 Å². The standard InChI is InChI=1S/C15H23FN2O2S/c1-11-5-4-6-12(2)18(11)21(19,20)15-9-14(16)8-7-13(15)10-17-3/h7-9,11-12,17H,4-6,10H2,1-3H3/t11-,12+. The number of hydrogen-bond donors (Lipinski definition) is 1. The molecular formula is C15H23FN2O2S. The third kappa shape index (κ3) is 3.27. The molecule has 0 saturated carbocycles. The summed E-state index contributed by atoms with van der Waals surface area (Å²) in [4.78, 5) is 0.0810. The van der Waals surface area contributed by atoms with Crippen molar-refractivity contribution in [3.63, 3.8) is 0 Å². The number of sulfonamides is 1. The molecule has 0 unspecified atom stereocenters. The topological polar surface area (TPSA) is 49.4 Å². The summed E-state index contributed by atoms with van der Waals surface area (Å²) in [6, 6.07) is 3.87. The number of rotatable bonds is 4. The average Bonchev–Trinajstić information content (AvgIpc) is 2.40. The number of nitrogens with zero attached hydrogens (tertiary/aromatic N) is 1. The summed E-state index contributed by atoms with van der Waals surface area (Å²) in [6.45, 7) is 4.24. The summed E-state index contributed by atoms with van der Waals surface area (Å²) < 4.78 is 41.1. The van der Waals surface area contributed by atoms with Gasteiger partial charge in [0.2, 0.25) is 10.0 Å². The second-order valence-electron chi connectivity index (χ2n) is 5.75. The molecule has 1 heterocycles. The normalized spacial score (nSPS) is 24.2. The fourth-order valence-electron chi connectivity index (χ4n) is 3.09. The maximum Gasteiger partial charge on any atom is 0.243 e. The van der Waals surface area contributed by atoms with E-state index in [-0.39, 0.29) is 17.0 Å². The Labute approximate surface area is 126 Å². The van der Waals surface area contributed by atoms with Gasteiger partial charge in [-0.15, -0.1) is 0 Å². The zero-order chi connectivity index (χ0) is 15.6. The molecule has 118 valence electrons. The lowest BCUT2D eigenvalue weighted by atomic mass is 10.0. The molecule has 1 fully saturated rings. The molecule has 0 bridgehead atoms. The molecule has 21 heavy (non-hydrogen) atoms. The molecule has 0 aliphatic carbocycles. The van der Waals surface area contributed by atoms with Crippen LogP contribution in [0, 0.1) is 5.82 Å². The Kier molecular flexibility index (Phi) is 5.01. The minimum Gasteiger partial charge on any atom is -0.316 e. The molecule has 6 heteroatoms. The van der Waals surface area contributed by atoms with Crippen molar-refractivity contribution in [2.24, 2.45) is 0 Å². The lowest BCUT2D eigenvalue weighted by Crippen LogP contribution is -2.47. The third-order valence-electron chi connectivity index (χ3n) is 4.06. The van der Waals surface area contributed by atoms with Crippen LogP contribution < -0.4 is 5.32 Å². The molecule has 0 amide bonds. The molecule has 1 saturated heterocycles. The van der Waals surface area contributed by atoms with Gasteiger partial charge < -0.3 is 5.32 Å². The molecule has 0 spiro atoms. The van der Waals surface area contributed by atoms with Gasteiger partial charge in [-0.3, -0.25) is 0 Å². The van der Waals surface area contributed by atoms with E-state index >= 15 is 0 Å². The van der Waals surface area contributed by atoms with E-state index in [4.69, 9.17) is 0 Å². The van der Waals surface area contributed by atoms with Crippen LogP contribution in [0.15, 0.2) is 23.1 Å². The molecule has 4 nitrogen and oxygen atoms in total. The van der Waals surface area contributed by atoms with Gasteiger partial charge >= 0.3 is 0 Å². The molecule has 2 atom stereocenters. The fraction of sp³-hybridized carbons (Fsp3) is 0.600. The predicted octanol–water partition coefficient (Wildman–Crippen LogP) is 2.50. The Morgan fingerprint density at radius 3 is 2.48 bits per heavy atom. The van der Waals surface area contributed by atoms with E-state index in [0.29, 0.717) is 12.1 Å². The highest BCUT2D eigenvalue weighted by atomic mass is 32.2. The first kappa shape index (κ1) is 16.4. The van der Waals surface area contributed by atoms with Crippen LogP contribution in [-0.4, -0.2) is 31.9 Å². The van der Waals surface area contributed by atoms with Gasteiger partial charge in [-0.05, 0) is 51.4 Å². The summed E-state index contributed by atoms with van der Waals surface area (Å²) >= 11 is 0. The minimum atomic E-state index is -3.68. The van der Waals surface area contributed by atoms with Gasteiger partial charge in [0.15, 0.2) is 0 Å². The van der Waals surface area contributed by atoms with Crippen LogP contribution in [0.4, 0.5) is 4.39 Å². The molecule has 0 radical (unpaired) electrons. The number of piperidine rings is 1. The van der Waals surface area contributed by atoms with Crippen LogP contribution in [0.1, 0.15) is 38.7 Å². The first-order chi connectivity index (χ1) is 9.87. The van der Waals surface area contributed by atoms with E-state index in [9.17, 15) is 12.8 Å². The van der Waals surface area contributed by atoms with Crippen molar-refractivity contribution in [2.75, 3.05) is 7.05 Å². The van der Waals surface area contributed by atoms with E-state index < -0.39 is 15.8 Å². The van der Waals surface area contributed by atoms with E-state index in [1.165, 1.54) is 12.1 Å². The Balaban J connectivity index is 2.50. The summed E-state index contributed by atoms with van der Waals surface area (Å²) in [6.07, 6.45) is 2.72. The minimum absolute atomic E-state index is 0.0514. The highest BCUT2D eigenvalue weighted by Gasteiger charge is 2.36. The van der Waals surface area contributed by atoms with E-state index in [1.54, 1.807) is 11.4 Å². The lowest BCUT2D eigenvalue weighted by Gasteiger charge is -2.38. The van der Waals surface area contributed by atoms with Gasteiger partial charge in [0.1, 0.15) is 5.82 Å². The zero-order valence-corrected chi connectivity index (χ0v) is 13.6. The van der Waals surface area contributed by atoms with Gasteiger partial charge in [0.05, 0.1) is 4.90 Å². The Morgan fingerprint density at radius 1 is 1.29 bits per heavy atom. The predicted molar refractivity (Wildman–Crippen MR) is 81.0 cm³/mol. The zero-order valence-electron chi connectivity index (χ0n) is 12.8. The smallest absolute Gasteiger partial charge is 0.243 e. The fourth-order valence-corrected chi connectivity index (χ4v) is 5.21. The first-order valence-electron chi connectivity index (χ1n) is 7.34. The monoisotopic (exact) mass is 314 g/mol. The van der Waals surface area contributed by atoms with E-state index in [1.807, 2.05) is 13.8 Å². The second-order valence-corrected chi connectivity index (χ2v) is 7.56. The van der Waals surface area contributed by atoms with Crippen LogP contribution in [0.3, 0.4) is 0 Å². The van der Waals surface area contributed by atoms with Crippen molar-refractivity contribution in [3.05, 3.63) is 29.6 Å². The first-order valence-corrected chi connectivity index (χ1v) is 8.78. The molecule has 1 aliphatic rings. The van der Waals surface area contributed by atoms with Crippen LogP contribution in [0.5, 0.6) is 0 Å². The molecule has 1 N–H and O–H groups in total. The molecule has 1 aliphatic heterocycles.